The van der Waals surface area contributed by atoms with Crippen molar-refractivity contribution in [2.75, 3.05) is 17.4 Å². The highest BCUT2D eigenvalue weighted by molar-refractivity contribution is 7.92. The number of likely N-dealkylation sites (N-methyl/N-ethyl adjacent to an activating group) is 1. The second kappa shape index (κ2) is 14.4. The Morgan fingerprint density at radius 3 is 2.07 bits per heavy atom. The predicted molar refractivity (Wildman–Crippen MR) is 169 cm³/mol. The molecule has 4 aromatic rings. The average Bonchev–Trinajstić information content (AvgIpc) is 3.00. The molecule has 1 unspecified atom stereocenters. The van der Waals surface area contributed by atoms with Crippen molar-refractivity contribution in [2.45, 2.75) is 31.3 Å². The van der Waals surface area contributed by atoms with Crippen LogP contribution >= 0.6 is 23.2 Å². The minimum absolute atomic E-state index is 0.0106. The Bertz CT molecular complexity index is 1650. The largest absolute Gasteiger partial charge is 0.457 e. The van der Waals surface area contributed by atoms with Crippen LogP contribution in [-0.2, 0) is 26.2 Å². The number of ether oxygens (including phenoxy) is 1. The number of halogens is 2. The lowest BCUT2D eigenvalue weighted by molar-refractivity contribution is -0.139. The quantitative estimate of drug-likeness (QED) is 0.190. The van der Waals surface area contributed by atoms with E-state index in [-0.39, 0.29) is 23.0 Å². The van der Waals surface area contributed by atoms with Gasteiger partial charge >= 0.3 is 0 Å². The molecule has 0 aliphatic carbocycles. The molecular weight excluding hydrogens is 609 g/mol. The van der Waals surface area contributed by atoms with E-state index in [0.717, 1.165) is 4.31 Å². The SMILES string of the molecule is CCNC(=O)C(C)N(Cc1ccc(Cl)cc1Cl)C(=O)CN(c1ccc(Oc2ccccc2)cc1)S(=O)(=O)c1ccccc1. The van der Waals surface area contributed by atoms with Crippen LogP contribution in [0.25, 0.3) is 0 Å². The molecule has 0 spiro atoms. The molecule has 1 N–H and O–H groups in total. The fraction of sp³-hybridized carbons (Fsp3) is 0.188. The fourth-order valence-electron chi connectivity index (χ4n) is 4.29. The molecule has 11 heteroatoms. The number of hydrogen-bond acceptors (Lipinski definition) is 5. The third kappa shape index (κ3) is 8.07. The van der Waals surface area contributed by atoms with Gasteiger partial charge in [-0.2, -0.15) is 0 Å². The Labute approximate surface area is 261 Å². The van der Waals surface area contributed by atoms with E-state index in [9.17, 15) is 18.0 Å². The number of nitrogens with zero attached hydrogens (tertiary/aromatic N) is 2. The molecule has 4 rings (SSSR count). The molecule has 0 aliphatic heterocycles. The first kappa shape index (κ1) is 31.9. The van der Waals surface area contributed by atoms with Crippen LogP contribution in [0, 0.1) is 0 Å². The zero-order chi connectivity index (χ0) is 31.0. The second-order valence-corrected chi connectivity index (χ2v) is 12.3. The molecule has 4 aromatic carbocycles. The number of anilines is 1. The van der Waals surface area contributed by atoms with E-state index in [2.05, 4.69) is 5.32 Å². The van der Waals surface area contributed by atoms with Crippen molar-refractivity contribution in [1.29, 1.82) is 0 Å². The maximum absolute atomic E-state index is 14.0. The van der Waals surface area contributed by atoms with Gasteiger partial charge in [0.2, 0.25) is 11.8 Å². The van der Waals surface area contributed by atoms with Crippen molar-refractivity contribution in [3.8, 4) is 11.5 Å². The van der Waals surface area contributed by atoms with Gasteiger partial charge in [-0.25, -0.2) is 8.42 Å². The highest BCUT2D eigenvalue weighted by atomic mass is 35.5. The van der Waals surface area contributed by atoms with Gasteiger partial charge in [0, 0.05) is 23.1 Å². The third-order valence-electron chi connectivity index (χ3n) is 6.59. The Morgan fingerprint density at radius 1 is 0.860 bits per heavy atom. The number of carbonyl (C=O) groups is 2. The van der Waals surface area contributed by atoms with Crippen LogP contribution < -0.4 is 14.4 Å². The number of hydrogen-bond donors (Lipinski definition) is 1. The van der Waals surface area contributed by atoms with E-state index >= 15 is 0 Å². The van der Waals surface area contributed by atoms with Crippen LogP contribution in [0.15, 0.2) is 108 Å². The summed E-state index contributed by atoms with van der Waals surface area (Å²) in [6.07, 6.45) is 0. The van der Waals surface area contributed by atoms with E-state index in [1.807, 2.05) is 18.2 Å². The molecule has 224 valence electrons. The summed E-state index contributed by atoms with van der Waals surface area (Å²) < 4.78 is 34.7. The molecule has 1 atom stereocenters. The van der Waals surface area contributed by atoms with Crippen LogP contribution in [-0.4, -0.2) is 44.3 Å². The smallest absolute Gasteiger partial charge is 0.264 e. The number of rotatable bonds is 12. The number of para-hydroxylation sites is 1. The van der Waals surface area contributed by atoms with Crippen molar-refractivity contribution in [3.05, 3.63) is 119 Å². The molecule has 0 bridgehead atoms. The van der Waals surface area contributed by atoms with Crippen LogP contribution in [0.2, 0.25) is 10.0 Å². The first-order chi connectivity index (χ1) is 20.6. The Kier molecular flexibility index (Phi) is 10.7. The molecule has 2 amide bonds. The van der Waals surface area contributed by atoms with Gasteiger partial charge in [-0.15, -0.1) is 0 Å². The lowest BCUT2D eigenvalue weighted by atomic mass is 10.1. The van der Waals surface area contributed by atoms with Gasteiger partial charge in [-0.05, 0) is 80.1 Å². The number of benzene rings is 4. The first-order valence-corrected chi connectivity index (χ1v) is 15.7. The van der Waals surface area contributed by atoms with E-state index < -0.39 is 28.5 Å². The summed E-state index contributed by atoms with van der Waals surface area (Å²) >= 11 is 12.5. The summed E-state index contributed by atoms with van der Waals surface area (Å²) in [4.78, 5) is 28.2. The molecule has 0 aliphatic rings. The maximum atomic E-state index is 14.0. The molecule has 0 saturated heterocycles. The van der Waals surface area contributed by atoms with Gasteiger partial charge in [0.25, 0.3) is 10.0 Å². The summed E-state index contributed by atoms with van der Waals surface area (Å²) in [5.74, 6) is 0.118. The number of sulfonamides is 1. The Hall–Kier alpha value is -4.05. The van der Waals surface area contributed by atoms with Gasteiger partial charge in [-0.3, -0.25) is 13.9 Å². The van der Waals surface area contributed by atoms with E-state index in [1.54, 1.807) is 86.6 Å². The van der Waals surface area contributed by atoms with Crippen LogP contribution in [0.1, 0.15) is 19.4 Å². The summed E-state index contributed by atoms with van der Waals surface area (Å²) in [5, 5.41) is 3.46. The van der Waals surface area contributed by atoms with E-state index in [4.69, 9.17) is 27.9 Å². The number of amides is 2. The van der Waals surface area contributed by atoms with Gasteiger partial charge < -0.3 is 15.0 Å². The van der Waals surface area contributed by atoms with Crippen molar-refractivity contribution < 1.29 is 22.7 Å². The minimum atomic E-state index is -4.20. The monoisotopic (exact) mass is 639 g/mol. The molecule has 0 heterocycles. The van der Waals surface area contributed by atoms with Crippen molar-refractivity contribution >= 4 is 50.7 Å². The second-order valence-electron chi connectivity index (χ2n) is 9.56. The van der Waals surface area contributed by atoms with Crippen molar-refractivity contribution in [1.82, 2.24) is 10.2 Å². The van der Waals surface area contributed by atoms with Crippen molar-refractivity contribution in [3.63, 3.8) is 0 Å². The van der Waals surface area contributed by atoms with Crippen LogP contribution in [0.4, 0.5) is 5.69 Å². The zero-order valence-corrected chi connectivity index (χ0v) is 25.9. The molecular formula is C32H31Cl2N3O5S. The Balaban J connectivity index is 1.70. The van der Waals surface area contributed by atoms with Gasteiger partial charge in [-0.1, -0.05) is 65.7 Å². The highest BCUT2D eigenvalue weighted by Crippen LogP contribution is 2.29. The topological polar surface area (TPSA) is 96.0 Å². The molecule has 0 saturated carbocycles. The van der Waals surface area contributed by atoms with Crippen LogP contribution in [0.3, 0.4) is 0 Å². The molecule has 0 radical (unpaired) electrons. The predicted octanol–water partition coefficient (Wildman–Crippen LogP) is 6.53. The molecule has 0 aromatic heterocycles. The van der Waals surface area contributed by atoms with Crippen molar-refractivity contribution in [2.24, 2.45) is 0 Å². The van der Waals surface area contributed by atoms with Gasteiger partial charge in [0.15, 0.2) is 0 Å². The first-order valence-electron chi connectivity index (χ1n) is 13.5. The zero-order valence-electron chi connectivity index (χ0n) is 23.6. The van der Waals surface area contributed by atoms with Gasteiger partial charge in [0.1, 0.15) is 24.1 Å². The van der Waals surface area contributed by atoms with Crippen LogP contribution in [0.5, 0.6) is 11.5 Å². The third-order valence-corrected chi connectivity index (χ3v) is 8.96. The summed E-state index contributed by atoms with van der Waals surface area (Å²) in [6, 6.07) is 27.3. The maximum Gasteiger partial charge on any atom is 0.264 e. The Morgan fingerprint density at radius 2 is 1.47 bits per heavy atom. The summed E-state index contributed by atoms with van der Waals surface area (Å²) in [7, 11) is -4.20. The standard InChI is InChI=1S/C32H31Cl2N3O5S/c1-3-35-32(39)23(2)36(21-24-14-15-25(33)20-30(24)34)31(38)22-37(43(40,41)29-12-8-5-9-13-29)26-16-18-28(19-17-26)42-27-10-6-4-7-11-27/h4-20,23H,3,21-22H2,1-2H3,(H,35,39). The fourth-order valence-corrected chi connectivity index (χ4v) is 6.19. The normalized spacial score (nSPS) is 11.8. The number of nitrogens with one attached hydrogen (secondary N) is 1. The molecule has 43 heavy (non-hydrogen) atoms. The summed E-state index contributed by atoms with van der Waals surface area (Å²) in [6.45, 7) is 3.09. The van der Waals surface area contributed by atoms with Gasteiger partial charge in [0.05, 0.1) is 10.6 Å². The van der Waals surface area contributed by atoms with E-state index in [1.165, 1.54) is 17.0 Å². The molecule has 8 nitrogen and oxygen atoms in total. The summed E-state index contributed by atoms with van der Waals surface area (Å²) in [5.41, 5.74) is 0.795. The van der Waals surface area contributed by atoms with E-state index in [0.29, 0.717) is 33.7 Å². The molecule has 0 fully saturated rings. The highest BCUT2D eigenvalue weighted by Gasteiger charge is 2.32. The number of carbonyl (C=O) groups excluding carboxylic acids is 2. The lowest BCUT2D eigenvalue weighted by Gasteiger charge is -2.32. The average molecular weight is 641 g/mol. The lowest BCUT2D eigenvalue weighted by Crippen LogP contribution is -2.51. The minimum Gasteiger partial charge on any atom is -0.457 e.